The van der Waals surface area contributed by atoms with Gasteiger partial charge in [-0.25, -0.2) is 0 Å². The summed E-state index contributed by atoms with van der Waals surface area (Å²) in [5, 5.41) is 16.1. The van der Waals surface area contributed by atoms with Crippen molar-refractivity contribution < 1.29 is 28.8 Å². The molecule has 55 heavy (non-hydrogen) atoms. The molecule has 0 radical (unpaired) electrons. The number of amides is 6. The Kier molecular flexibility index (Phi) is 14.9. The summed E-state index contributed by atoms with van der Waals surface area (Å²) in [4.78, 5) is 80.9. The van der Waals surface area contributed by atoms with Crippen LogP contribution in [0.1, 0.15) is 154 Å². The highest BCUT2D eigenvalue weighted by Crippen LogP contribution is 2.33. The fourth-order valence-corrected chi connectivity index (χ4v) is 11.0. The molecule has 6 aliphatic rings. The van der Waals surface area contributed by atoms with Crippen LogP contribution < -0.4 is 38.1 Å². The quantitative estimate of drug-likeness (QED) is 0.166. The lowest BCUT2D eigenvalue weighted by molar-refractivity contribution is -0.133. The summed E-state index contributed by atoms with van der Waals surface area (Å²) in [5.74, 6) is -2.90. The molecule has 6 amide bonds. The largest absolute Gasteiger partial charge is 0.369 e. The van der Waals surface area contributed by atoms with E-state index in [4.69, 9.17) is 11.5 Å². The molecule has 12 atom stereocenters. The zero-order valence-corrected chi connectivity index (χ0v) is 33.0. The summed E-state index contributed by atoms with van der Waals surface area (Å²) in [6, 6.07) is -1.57. The molecule has 13 heteroatoms. The Morgan fingerprint density at radius 3 is 0.818 bits per heavy atom. The molecule has 0 unspecified atom stereocenters. The van der Waals surface area contributed by atoms with Crippen molar-refractivity contribution >= 4 is 35.4 Å². The van der Waals surface area contributed by atoms with Crippen molar-refractivity contribution in [2.24, 2.45) is 47.0 Å². The molecule has 0 spiro atoms. The smallest absolute Gasteiger partial charge is 0.225 e. The lowest BCUT2D eigenvalue weighted by atomic mass is 9.79. The summed E-state index contributed by atoms with van der Waals surface area (Å²) in [6.07, 6.45) is 19.9. The fourth-order valence-electron chi connectivity index (χ4n) is 11.0. The van der Waals surface area contributed by atoms with E-state index >= 15 is 0 Å². The predicted octanol–water partition coefficient (Wildman–Crippen LogP) is 3.36. The molecule has 6 saturated carbocycles. The van der Waals surface area contributed by atoms with Crippen molar-refractivity contribution in [3.63, 3.8) is 0 Å². The van der Waals surface area contributed by atoms with Crippen molar-refractivity contribution in [3.8, 4) is 0 Å². The monoisotopic (exact) mass is 768 g/mol. The highest BCUT2D eigenvalue weighted by atomic mass is 16.2. The SMILES string of the molecule is NC(=O)[C@H]1CCCC[C@H]1NC(=O)[C@@H]1CCCC[C@@H]1NC(=O)[C@H]1CCCC[C@H]1NC(=O)[C@@H]1CCCC[C@@H]1NC(=O)[C@H]1CCCC[C@H]1NC(=O)[C@@H]1CCCC[C@@H]1N. The maximum absolute atomic E-state index is 14.1. The van der Waals surface area contributed by atoms with Crippen molar-refractivity contribution in [1.82, 2.24) is 26.6 Å². The van der Waals surface area contributed by atoms with Gasteiger partial charge < -0.3 is 38.1 Å². The van der Waals surface area contributed by atoms with Crippen LogP contribution in [0.4, 0.5) is 0 Å². The van der Waals surface area contributed by atoms with E-state index in [0.717, 1.165) is 103 Å². The van der Waals surface area contributed by atoms with Gasteiger partial charge in [-0.1, -0.05) is 77.0 Å². The first kappa shape index (κ1) is 41.4. The van der Waals surface area contributed by atoms with Gasteiger partial charge in [-0.05, 0) is 77.0 Å². The maximum Gasteiger partial charge on any atom is 0.225 e. The topological polar surface area (TPSA) is 215 Å². The first-order valence-electron chi connectivity index (χ1n) is 22.2. The average molecular weight is 768 g/mol. The van der Waals surface area contributed by atoms with Gasteiger partial charge in [-0.15, -0.1) is 0 Å². The molecule has 6 fully saturated rings. The van der Waals surface area contributed by atoms with Crippen LogP contribution in [0.25, 0.3) is 0 Å². The Bertz CT molecular complexity index is 1380. The van der Waals surface area contributed by atoms with Crippen LogP contribution in [0.3, 0.4) is 0 Å². The van der Waals surface area contributed by atoms with Crippen LogP contribution in [-0.4, -0.2) is 71.7 Å². The minimum Gasteiger partial charge on any atom is -0.369 e. The van der Waals surface area contributed by atoms with Crippen LogP contribution in [-0.2, 0) is 28.8 Å². The molecule has 0 aliphatic heterocycles. The van der Waals surface area contributed by atoms with E-state index in [1.54, 1.807) is 0 Å². The van der Waals surface area contributed by atoms with Gasteiger partial charge in [0.2, 0.25) is 35.4 Å². The lowest BCUT2D eigenvalue weighted by Gasteiger charge is -2.39. The third-order valence-electron chi connectivity index (χ3n) is 14.3. The summed E-state index contributed by atoms with van der Waals surface area (Å²) in [5.41, 5.74) is 12.0. The Labute approximate surface area is 327 Å². The molecule has 0 heterocycles. The van der Waals surface area contributed by atoms with E-state index in [1.807, 2.05) is 0 Å². The summed E-state index contributed by atoms with van der Waals surface area (Å²) in [6.45, 7) is 0. The van der Waals surface area contributed by atoms with E-state index in [-0.39, 0.29) is 95.4 Å². The molecule has 0 aromatic carbocycles. The first-order chi connectivity index (χ1) is 26.6. The number of carbonyl (C=O) groups is 6. The van der Waals surface area contributed by atoms with Gasteiger partial charge in [0.1, 0.15) is 0 Å². The molecule has 308 valence electrons. The number of hydrogen-bond acceptors (Lipinski definition) is 7. The zero-order valence-electron chi connectivity index (χ0n) is 33.0. The first-order valence-corrected chi connectivity index (χ1v) is 22.2. The van der Waals surface area contributed by atoms with E-state index in [0.29, 0.717) is 51.4 Å². The van der Waals surface area contributed by atoms with Crippen molar-refractivity contribution in [2.75, 3.05) is 0 Å². The molecule has 0 bridgehead atoms. The number of rotatable bonds is 11. The van der Waals surface area contributed by atoms with Gasteiger partial charge in [0.25, 0.3) is 0 Å². The van der Waals surface area contributed by atoms with Gasteiger partial charge in [0.15, 0.2) is 0 Å². The number of primary amides is 1. The number of carbonyl (C=O) groups excluding carboxylic acids is 6. The number of nitrogens with two attached hydrogens (primary N) is 2. The Morgan fingerprint density at radius 2 is 0.527 bits per heavy atom. The molecule has 6 rings (SSSR count). The predicted molar refractivity (Wildman–Crippen MR) is 209 cm³/mol. The van der Waals surface area contributed by atoms with Crippen molar-refractivity contribution in [3.05, 3.63) is 0 Å². The normalized spacial score (nSPS) is 37.0. The van der Waals surface area contributed by atoms with Crippen LogP contribution in [0.2, 0.25) is 0 Å². The summed E-state index contributed by atoms with van der Waals surface area (Å²) >= 11 is 0. The average Bonchev–Trinajstić information content (AvgIpc) is 3.19. The van der Waals surface area contributed by atoms with E-state index in [1.165, 1.54) is 0 Å². The highest BCUT2D eigenvalue weighted by Gasteiger charge is 2.42. The van der Waals surface area contributed by atoms with Gasteiger partial charge in [-0.2, -0.15) is 0 Å². The standard InChI is InChI=1S/C42H69N7O6/c43-31-19-7-1-13-25(31)38(51)46-33-21-9-3-15-27(33)40(53)48-35-23-11-5-17-29(35)42(55)49-36-24-12-6-18-30(36)41(54)47-34-22-10-4-16-28(34)39(52)45-32-20-8-2-14-26(32)37(44)50/h25-36H,1-24,43H2,(H2,44,50)(H,45,52)(H,46,51)(H,47,54)(H,48,53)(H,49,55)/t25-,26+,27+,28-,29-,30+,31+,32-,33-,34+,35+,36-/m1/s1. The second-order valence-electron chi connectivity index (χ2n) is 18.0. The lowest BCUT2D eigenvalue weighted by Crippen LogP contribution is -2.57. The van der Waals surface area contributed by atoms with Gasteiger partial charge in [0.05, 0.1) is 35.5 Å². The molecular weight excluding hydrogens is 699 g/mol. The van der Waals surface area contributed by atoms with Crippen molar-refractivity contribution in [1.29, 1.82) is 0 Å². The molecule has 0 aromatic heterocycles. The van der Waals surface area contributed by atoms with Gasteiger partial charge in [0, 0.05) is 36.3 Å². The highest BCUT2D eigenvalue weighted by molar-refractivity contribution is 5.87. The molecule has 13 nitrogen and oxygen atoms in total. The van der Waals surface area contributed by atoms with Crippen LogP contribution in [0.15, 0.2) is 0 Å². The summed E-state index contributed by atoms with van der Waals surface area (Å²) in [7, 11) is 0. The Morgan fingerprint density at radius 1 is 0.309 bits per heavy atom. The molecule has 0 saturated heterocycles. The third kappa shape index (κ3) is 10.6. The van der Waals surface area contributed by atoms with Gasteiger partial charge in [-0.3, -0.25) is 28.8 Å². The van der Waals surface area contributed by atoms with Gasteiger partial charge >= 0.3 is 0 Å². The van der Waals surface area contributed by atoms with Crippen LogP contribution in [0, 0.1) is 35.5 Å². The fraction of sp³-hybridized carbons (Fsp3) is 0.857. The molecule has 0 aromatic rings. The van der Waals surface area contributed by atoms with Crippen molar-refractivity contribution in [2.45, 2.75) is 190 Å². The minimum atomic E-state index is -0.401. The maximum atomic E-state index is 14.1. The summed E-state index contributed by atoms with van der Waals surface area (Å²) < 4.78 is 0. The van der Waals surface area contributed by atoms with Crippen LogP contribution in [0.5, 0.6) is 0 Å². The number of nitrogens with one attached hydrogen (secondary N) is 5. The second-order valence-corrected chi connectivity index (χ2v) is 18.0. The third-order valence-corrected chi connectivity index (χ3v) is 14.3. The van der Waals surface area contributed by atoms with E-state index in [2.05, 4.69) is 26.6 Å². The number of hydrogen-bond donors (Lipinski definition) is 7. The van der Waals surface area contributed by atoms with E-state index in [9.17, 15) is 28.8 Å². The molecule has 6 aliphatic carbocycles. The van der Waals surface area contributed by atoms with Crippen LogP contribution >= 0.6 is 0 Å². The van der Waals surface area contributed by atoms with E-state index < -0.39 is 11.8 Å². The Balaban J connectivity index is 1.04. The molecular formula is C42H69N7O6. The molecule has 9 N–H and O–H groups in total. The Hall–Kier alpha value is -3.22. The minimum absolute atomic E-state index is 0.0297. The zero-order chi connectivity index (χ0) is 38.9. The second kappa shape index (κ2) is 19.8.